The Hall–Kier alpha value is -7.37. The van der Waals surface area contributed by atoms with Crippen LogP contribution in [0.1, 0.15) is 33.4 Å². The van der Waals surface area contributed by atoms with E-state index in [2.05, 4.69) is 232 Å². The highest BCUT2D eigenvalue weighted by Crippen LogP contribution is 2.48. The molecule has 0 atom stereocenters. The number of hydrogen-bond donors (Lipinski definition) is 0. The Morgan fingerprint density at radius 3 is 0.909 bits per heavy atom. The summed E-state index contributed by atoms with van der Waals surface area (Å²) < 4.78 is 0. The summed E-state index contributed by atoms with van der Waals surface area (Å²) in [6, 6.07) is 84.9. The largest absolute Gasteiger partial charge is 0.180 e. The molecule has 0 N–H and O–H groups in total. The lowest BCUT2D eigenvalue weighted by atomic mass is 9.88. The summed E-state index contributed by atoms with van der Waals surface area (Å²) in [7, 11) is -5.23. The normalized spacial score (nSPS) is 14.6. The van der Waals surface area contributed by atoms with E-state index in [9.17, 15) is 0 Å². The van der Waals surface area contributed by atoms with Crippen LogP contribution >= 0.6 is 0 Å². The van der Waals surface area contributed by atoms with E-state index >= 15 is 0 Å². The molecule has 10 aromatic carbocycles. The van der Waals surface area contributed by atoms with E-state index in [-0.39, 0.29) is 0 Å². The monoisotopic (exact) mass is 870 g/mol. The standard InChI is InChI=1S/C64H46Si2/c1-41-33-55-53-39-47(65(45-17-5-3-6-18-45)61-25-13-9-21-49(61)50-22-10-14-26-62(50)65)31-29-43(53)37-59(55)57(35-41)58-36-42(2)34-56-54-40-48(32-30-44(54)38-60(56)58)66(46-19-7-4-8-20-46)63-27-15-11-23-51(63)52-24-12-16-28-64(52)66/h3-36,39-40H,37-38H2,1-2H3. The van der Waals surface area contributed by atoms with Crippen LogP contribution in [0.5, 0.6) is 0 Å². The fourth-order valence-electron chi connectivity index (χ4n) is 13.2. The molecule has 4 aliphatic rings. The molecule has 0 unspecified atom stereocenters. The van der Waals surface area contributed by atoms with Crippen LogP contribution < -0.4 is 41.5 Å². The Balaban J connectivity index is 0.933. The predicted molar refractivity (Wildman–Crippen MR) is 283 cm³/mol. The van der Waals surface area contributed by atoms with Gasteiger partial charge in [0.1, 0.15) is 0 Å². The fraction of sp³-hybridized carbons (Fsp3) is 0.0625. The second-order valence-corrected chi connectivity index (χ2v) is 26.7. The average molecular weight is 871 g/mol. The van der Waals surface area contributed by atoms with E-state index in [1.165, 1.54) is 131 Å². The summed E-state index contributed by atoms with van der Waals surface area (Å²) in [6.07, 6.45) is 1.88. The zero-order valence-electron chi connectivity index (χ0n) is 37.2. The predicted octanol–water partition coefficient (Wildman–Crippen LogP) is 9.83. The van der Waals surface area contributed by atoms with Gasteiger partial charge in [-0.3, -0.25) is 0 Å². The van der Waals surface area contributed by atoms with Crippen molar-refractivity contribution in [3.8, 4) is 55.6 Å². The van der Waals surface area contributed by atoms with Crippen LogP contribution in [0, 0.1) is 13.8 Å². The molecule has 0 saturated carbocycles. The van der Waals surface area contributed by atoms with Gasteiger partial charge in [-0.2, -0.15) is 0 Å². The third kappa shape index (κ3) is 5.03. The van der Waals surface area contributed by atoms with Crippen LogP contribution in [-0.4, -0.2) is 16.1 Å². The second kappa shape index (κ2) is 14.1. The number of benzene rings is 10. The van der Waals surface area contributed by atoms with Crippen LogP contribution in [0.2, 0.25) is 0 Å². The Morgan fingerprint density at radius 2 is 0.561 bits per heavy atom. The summed E-state index contributed by atoms with van der Waals surface area (Å²) in [4.78, 5) is 0. The molecule has 2 heteroatoms. The van der Waals surface area contributed by atoms with Crippen molar-refractivity contribution < 1.29 is 0 Å². The van der Waals surface area contributed by atoms with Crippen molar-refractivity contribution in [1.29, 1.82) is 0 Å². The first-order chi connectivity index (χ1) is 32.5. The number of fused-ring (bicyclic) bond motifs is 12. The summed E-state index contributed by atoms with van der Waals surface area (Å²) >= 11 is 0. The molecule has 0 aromatic heterocycles. The molecule has 310 valence electrons. The number of aryl methyl sites for hydroxylation is 2. The smallest absolute Gasteiger partial charge is 0.0623 e. The first-order valence-electron chi connectivity index (χ1n) is 23.6. The van der Waals surface area contributed by atoms with Crippen molar-refractivity contribution in [1.82, 2.24) is 0 Å². The Morgan fingerprint density at radius 1 is 0.258 bits per heavy atom. The van der Waals surface area contributed by atoms with Gasteiger partial charge >= 0.3 is 0 Å². The zero-order chi connectivity index (χ0) is 43.7. The number of rotatable bonds is 5. The van der Waals surface area contributed by atoms with E-state index in [0.717, 1.165) is 12.8 Å². The Labute approximate surface area is 389 Å². The molecule has 0 radical (unpaired) electrons. The van der Waals surface area contributed by atoms with E-state index in [1.807, 2.05) is 0 Å². The van der Waals surface area contributed by atoms with Gasteiger partial charge in [0.2, 0.25) is 0 Å². The quantitative estimate of drug-likeness (QED) is 0.151. The highest BCUT2D eigenvalue weighted by Gasteiger charge is 2.50. The van der Waals surface area contributed by atoms with Crippen LogP contribution in [0.4, 0.5) is 0 Å². The molecule has 66 heavy (non-hydrogen) atoms. The SMILES string of the molecule is Cc1cc2c(c(-c3cc(C)cc4c3Cc3ccc([Si]5(c6ccccc6)c6ccccc6-c6ccccc65)cc3-4)c1)Cc1ccc([Si]3(c4ccccc4)c4ccccc4-c4ccccc43)cc1-2. The maximum absolute atomic E-state index is 2.62. The maximum Gasteiger partial charge on any atom is 0.180 e. The fourth-order valence-corrected chi connectivity index (χ4v) is 23.6. The van der Waals surface area contributed by atoms with E-state index in [4.69, 9.17) is 0 Å². The van der Waals surface area contributed by atoms with Gasteiger partial charge in [-0.1, -0.05) is 218 Å². The van der Waals surface area contributed by atoms with Gasteiger partial charge in [0.25, 0.3) is 0 Å². The topological polar surface area (TPSA) is 0 Å². The van der Waals surface area contributed by atoms with E-state index in [0.29, 0.717) is 0 Å². The van der Waals surface area contributed by atoms with Crippen molar-refractivity contribution in [2.45, 2.75) is 26.7 Å². The third-order valence-corrected chi connectivity index (χ3v) is 25.5. The van der Waals surface area contributed by atoms with Gasteiger partial charge in [0.05, 0.1) is 0 Å². The molecule has 0 fully saturated rings. The van der Waals surface area contributed by atoms with Gasteiger partial charge in [0, 0.05) is 0 Å². The molecule has 10 aromatic rings. The van der Waals surface area contributed by atoms with Gasteiger partial charge < -0.3 is 0 Å². The van der Waals surface area contributed by atoms with E-state index < -0.39 is 16.1 Å². The molecule has 0 spiro atoms. The van der Waals surface area contributed by atoms with Gasteiger partial charge in [0.15, 0.2) is 16.1 Å². The highest BCUT2D eigenvalue weighted by atomic mass is 28.3. The van der Waals surface area contributed by atoms with Crippen LogP contribution in [0.3, 0.4) is 0 Å². The van der Waals surface area contributed by atoms with Crippen molar-refractivity contribution >= 4 is 57.6 Å². The third-order valence-electron chi connectivity index (χ3n) is 15.8. The Bertz CT molecular complexity index is 3340. The minimum atomic E-state index is -2.62. The molecular weight excluding hydrogens is 825 g/mol. The first-order valence-corrected chi connectivity index (χ1v) is 27.6. The number of hydrogen-bond acceptors (Lipinski definition) is 0. The molecular formula is C64H46Si2. The van der Waals surface area contributed by atoms with Crippen molar-refractivity contribution in [3.05, 3.63) is 252 Å². The molecule has 2 aliphatic heterocycles. The minimum Gasteiger partial charge on any atom is -0.0623 e. The lowest BCUT2D eigenvalue weighted by Crippen LogP contribution is -2.72. The van der Waals surface area contributed by atoms with Crippen LogP contribution in [-0.2, 0) is 12.8 Å². The zero-order valence-corrected chi connectivity index (χ0v) is 39.2. The summed E-state index contributed by atoms with van der Waals surface area (Å²) in [5.74, 6) is 0. The highest BCUT2D eigenvalue weighted by molar-refractivity contribution is 7.23. The first kappa shape index (κ1) is 38.0. The summed E-state index contributed by atoms with van der Waals surface area (Å²) in [5, 5.41) is 11.8. The molecule has 2 aliphatic carbocycles. The minimum absolute atomic E-state index is 0.942. The van der Waals surface area contributed by atoms with Crippen LogP contribution in [0.25, 0.3) is 55.6 Å². The van der Waals surface area contributed by atoms with Crippen molar-refractivity contribution in [2.75, 3.05) is 0 Å². The second-order valence-electron chi connectivity index (χ2n) is 19.2. The Kier molecular flexibility index (Phi) is 8.09. The average Bonchev–Trinajstić information content (AvgIpc) is 4.10. The molecule has 0 nitrogen and oxygen atoms in total. The van der Waals surface area contributed by atoms with E-state index in [1.54, 1.807) is 0 Å². The van der Waals surface area contributed by atoms with Gasteiger partial charge in [-0.15, -0.1) is 0 Å². The van der Waals surface area contributed by atoms with Crippen LogP contribution in [0.15, 0.2) is 218 Å². The van der Waals surface area contributed by atoms with Crippen molar-refractivity contribution in [3.63, 3.8) is 0 Å². The summed E-state index contributed by atoms with van der Waals surface area (Å²) in [5.41, 5.74) is 22.4. The maximum atomic E-state index is 2.62. The van der Waals surface area contributed by atoms with Gasteiger partial charge in [-0.05, 0) is 157 Å². The summed E-state index contributed by atoms with van der Waals surface area (Å²) in [6.45, 7) is 4.61. The molecule has 0 amide bonds. The lowest BCUT2D eigenvalue weighted by molar-refractivity contribution is 1.23. The molecule has 14 rings (SSSR count). The molecule has 0 saturated heterocycles. The lowest BCUT2D eigenvalue weighted by Gasteiger charge is -2.31. The van der Waals surface area contributed by atoms with Gasteiger partial charge in [-0.25, -0.2) is 0 Å². The molecule has 0 bridgehead atoms. The molecule has 2 heterocycles. The van der Waals surface area contributed by atoms with Crippen molar-refractivity contribution in [2.24, 2.45) is 0 Å².